The summed E-state index contributed by atoms with van der Waals surface area (Å²) in [6, 6.07) is 0.175. The average molecular weight is 240 g/mol. The van der Waals surface area contributed by atoms with Gasteiger partial charge in [0.15, 0.2) is 11.6 Å². The zero-order valence-electron chi connectivity index (χ0n) is 10.5. The Balaban J connectivity index is 2.88. The van der Waals surface area contributed by atoms with E-state index in [9.17, 15) is 0 Å². The molecule has 0 amide bonds. The Hall–Kier alpha value is -1.56. The van der Waals surface area contributed by atoms with E-state index in [1.165, 1.54) is 6.33 Å². The molecule has 0 saturated carbocycles. The molecule has 0 spiro atoms. The lowest BCUT2D eigenvalue weighted by molar-refractivity contribution is 0.278. The summed E-state index contributed by atoms with van der Waals surface area (Å²) in [7, 11) is 3.36. The first-order valence-electron chi connectivity index (χ1n) is 5.70. The number of ether oxygens (including phenoxy) is 1. The first-order chi connectivity index (χ1) is 8.26. The van der Waals surface area contributed by atoms with Crippen LogP contribution < -0.4 is 15.4 Å². The SMILES string of the molecule is CCC(CCO)Nc1ncnc(NC)c1OC. The number of nitrogens with zero attached hydrogens (tertiary/aromatic N) is 2. The van der Waals surface area contributed by atoms with Gasteiger partial charge in [0.1, 0.15) is 6.33 Å². The molecular formula is C11H20N4O2. The molecule has 6 nitrogen and oxygen atoms in total. The van der Waals surface area contributed by atoms with Crippen LogP contribution in [0.2, 0.25) is 0 Å². The van der Waals surface area contributed by atoms with Crippen LogP contribution in [-0.2, 0) is 0 Å². The minimum absolute atomic E-state index is 0.151. The summed E-state index contributed by atoms with van der Waals surface area (Å²) in [6.07, 6.45) is 3.06. The van der Waals surface area contributed by atoms with Gasteiger partial charge in [-0.3, -0.25) is 0 Å². The lowest BCUT2D eigenvalue weighted by atomic mass is 10.1. The van der Waals surface area contributed by atoms with Gasteiger partial charge in [0.2, 0.25) is 5.75 Å². The fraction of sp³-hybridized carbons (Fsp3) is 0.636. The van der Waals surface area contributed by atoms with E-state index in [1.54, 1.807) is 14.2 Å². The summed E-state index contributed by atoms with van der Waals surface area (Å²) in [4.78, 5) is 8.23. The number of methoxy groups -OCH3 is 1. The quantitative estimate of drug-likeness (QED) is 0.662. The van der Waals surface area contributed by atoms with Crippen molar-refractivity contribution in [3.63, 3.8) is 0 Å². The van der Waals surface area contributed by atoms with Gasteiger partial charge < -0.3 is 20.5 Å². The van der Waals surface area contributed by atoms with Crippen LogP contribution in [0.25, 0.3) is 0 Å². The second-order valence-corrected chi connectivity index (χ2v) is 3.62. The molecule has 0 bridgehead atoms. The van der Waals surface area contributed by atoms with E-state index in [4.69, 9.17) is 9.84 Å². The maximum atomic E-state index is 8.96. The third-order valence-electron chi connectivity index (χ3n) is 2.56. The summed E-state index contributed by atoms with van der Waals surface area (Å²) in [5, 5.41) is 15.1. The molecule has 17 heavy (non-hydrogen) atoms. The van der Waals surface area contributed by atoms with Crippen molar-refractivity contribution in [3.05, 3.63) is 6.33 Å². The third kappa shape index (κ3) is 3.45. The summed E-state index contributed by atoms with van der Waals surface area (Å²) < 4.78 is 5.28. The molecule has 1 rings (SSSR count). The first-order valence-corrected chi connectivity index (χ1v) is 5.70. The second kappa shape index (κ2) is 6.90. The van der Waals surface area contributed by atoms with Crippen LogP contribution in [-0.4, -0.2) is 41.9 Å². The highest BCUT2D eigenvalue weighted by atomic mass is 16.5. The number of rotatable bonds is 7. The van der Waals surface area contributed by atoms with Gasteiger partial charge in [-0.05, 0) is 12.8 Å². The molecule has 1 heterocycles. The van der Waals surface area contributed by atoms with Gasteiger partial charge in [0, 0.05) is 19.7 Å². The van der Waals surface area contributed by atoms with Crippen molar-refractivity contribution in [3.8, 4) is 5.75 Å². The second-order valence-electron chi connectivity index (χ2n) is 3.62. The Morgan fingerprint density at radius 1 is 1.41 bits per heavy atom. The molecule has 1 aromatic heterocycles. The van der Waals surface area contributed by atoms with E-state index in [-0.39, 0.29) is 12.6 Å². The van der Waals surface area contributed by atoms with Crippen LogP contribution >= 0.6 is 0 Å². The van der Waals surface area contributed by atoms with Crippen molar-refractivity contribution in [2.45, 2.75) is 25.8 Å². The number of nitrogens with one attached hydrogen (secondary N) is 2. The van der Waals surface area contributed by atoms with Crippen molar-refractivity contribution in [2.24, 2.45) is 0 Å². The third-order valence-corrected chi connectivity index (χ3v) is 2.56. The van der Waals surface area contributed by atoms with Crippen molar-refractivity contribution in [1.82, 2.24) is 9.97 Å². The number of aliphatic hydroxyl groups is 1. The van der Waals surface area contributed by atoms with Crippen LogP contribution in [0.15, 0.2) is 6.33 Å². The average Bonchev–Trinajstić information content (AvgIpc) is 2.37. The number of hydrogen-bond donors (Lipinski definition) is 3. The molecule has 1 aromatic rings. The Morgan fingerprint density at radius 2 is 2.12 bits per heavy atom. The van der Waals surface area contributed by atoms with Gasteiger partial charge in [-0.1, -0.05) is 6.92 Å². The van der Waals surface area contributed by atoms with Gasteiger partial charge in [-0.2, -0.15) is 0 Å². The predicted octanol–water partition coefficient (Wildman–Crippen LogP) is 1.10. The fourth-order valence-electron chi connectivity index (χ4n) is 1.58. The zero-order valence-corrected chi connectivity index (χ0v) is 10.5. The number of anilines is 2. The standard InChI is InChI=1S/C11H20N4O2/c1-4-8(5-6-16)15-11-9(17-3)10(12-2)13-7-14-11/h7-8,16H,4-6H2,1-3H3,(H2,12,13,14,15). The molecule has 0 saturated heterocycles. The molecular weight excluding hydrogens is 220 g/mol. The lowest BCUT2D eigenvalue weighted by Gasteiger charge is -2.19. The van der Waals surface area contributed by atoms with Crippen molar-refractivity contribution in [1.29, 1.82) is 0 Å². The van der Waals surface area contributed by atoms with Gasteiger partial charge in [-0.15, -0.1) is 0 Å². The smallest absolute Gasteiger partial charge is 0.204 e. The summed E-state index contributed by atoms with van der Waals surface area (Å²) >= 11 is 0. The van der Waals surface area contributed by atoms with E-state index in [0.717, 1.165) is 6.42 Å². The van der Waals surface area contributed by atoms with Crippen LogP contribution in [0.1, 0.15) is 19.8 Å². The molecule has 0 aromatic carbocycles. The van der Waals surface area contributed by atoms with Crippen molar-refractivity contribution in [2.75, 3.05) is 31.4 Å². The first kappa shape index (κ1) is 13.5. The zero-order chi connectivity index (χ0) is 12.7. The Labute approximate surface area is 101 Å². The fourth-order valence-corrected chi connectivity index (χ4v) is 1.58. The van der Waals surface area contributed by atoms with Crippen LogP contribution in [0.5, 0.6) is 5.75 Å². The van der Waals surface area contributed by atoms with Crippen molar-refractivity contribution >= 4 is 11.6 Å². The molecule has 3 N–H and O–H groups in total. The van der Waals surface area contributed by atoms with E-state index >= 15 is 0 Å². The minimum atomic E-state index is 0.151. The van der Waals surface area contributed by atoms with Crippen LogP contribution in [0.3, 0.4) is 0 Å². The highest BCUT2D eigenvalue weighted by Gasteiger charge is 2.14. The predicted molar refractivity (Wildman–Crippen MR) is 67.5 cm³/mol. The summed E-state index contributed by atoms with van der Waals surface area (Å²) in [6.45, 7) is 2.21. The van der Waals surface area contributed by atoms with E-state index in [1.807, 2.05) is 0 Å². The van der Waals surface area contributed by atoms with E-state index in [2.05, 4.69) is 27.5 Å². The van der Waals surface area contributed by atoms with Crippen LogP contribution in [0, 0.1) is 0 Å². The maximum Gasteiger partial charge on any atom is 0.204 e. The normalized spacial score (nSPS) is 12.0. The molecule has 96 valence electrons. The molecule has 0 radical (unpaired) electrons. The monoisotopic (exact) mass is 240 g/mol. The molecule has 1 unspecified atom stereocenters. The topological polar surface area (TPSA) is 79.3 Å². The Morgan fingerprint density at radius 3 is 2.65 bits per heavy atom. The molecule has 0 aliphatic carbocycles. The summed E-state index contributed by atoms with van der Waals surface area (Å²) in [5.74, 6) is 1.88. The van der Waals surface area contributed by atoms with E-state index < -0.39 is 0 Å². The highest BCUT2D eigenvalue weighted by Crippen LogP contribution is 2.29. The van der Waals surface area contributed by atoms with E-state index in [0.29, 0.717) is 23.8 Å². The summed E-state index contributed by atoms with van der Waals surface area (Å²) in [5.41, 5.74) is 0. The highest BCUT2D eigenvalue weighted by molar-refractivity contribution is 5.63. The molecule has 0 aliphatic rings. The van der Waals surface area contributed by atoms with Gasteiger partial charge in [0.05, 0.1) is 7.11 Å². The molecule has 1 atom stereocenters. The van der Waals surface area contributed by atoms with Gasteiger partial charge in [-0.25, -0.2) is 9.97 Å². The van der Waals surface area contributed by atoms with Crippen molar-refractivity contribution < 1.29 is 9.84 Å². The number of hydrogen-bond acceptors (Lipinski definition) is 6. The van der Waals surface area contributed by atoms with Crippen LogP contribution in [0.4, 0.5) is 11.6 Å². The molecule has 6 heteroatoms. The Bertz CT molecular complexity index is 346. The van der Waals surface area contributed by atoms with Gasteiger partial charge >= 0.3 is 0 Å². The molecule has 0 aliphatic heterocycles. The van der Waals surface area contributed by atoms with Gasteiger partial charge in [0.25, 0.3) is 0 Å². The largest absolute Gasteiger partial charge is 0.490 e. The maximum absolute atomic E-state index is 8.96. The number of aromatic nitrogens is 2. The lowest BCUT2D eigenvalue weighted by Crippen LogP contribution is -2.21. The Kier molecular flexibility index (Phi) is 5.48. The number of aliphatic hydroxyl groups excluding tert-OH is 1. The molecule has 0 fully saturated rings. The minimum Gasteiger partial charge on any atom is -0.490 e.